The van der Waals surface area contributed by atoms with E-state index < -0.39 is 5.92 Å². The number of aromatic amines is 1. The van der Waals surface area contributed by atoms with Gasteiger partial charge < -0.3 is 4.90 Å². The van der Waals surface area contributed by atoms with Crippen LogP contribution in [0.25, 0.3) is 11.5 Å². The molecule has 0 aliphatic carbocycles. The summed E-state index contributed by atoms with van der Waals surface area (Å²) in [5, 5.41) is 2.85. The minimum absolute atomic E-state index is 0.209. The minimum Gasteiger partial charge on any atom is -0.356 e. The normalized spacial score (nSPS) is 17.0. The Balaban J connectivity index is 1.64. The highest BCUT2D eigenvalue weighted by Gasteiger charge is 2.34. The van der Waals surface area contributed by atoms with Crippen molar-refractivity contribution in [1.29, 1.82) is 0 Å². The Morgan fingerprint density at radius 1 is 1.16 bits per heavy atom. The molecule has 0 radical (unpaired) electrons. The Kier molecular flexibility index (Phi) is 3.59. The Morgan fingerprint density at radius 3 is 2.64 bits per heavy atom. The number of rotatable bonds is 3. The number of halogens is 2. The van der Waals surface area contributed by atoms with Gasteiger partial charge in [0, 0.05) is 50.6 Å². The van der Waals surface area contributed by atoms with Crippen LogP contribution in [-0.4, -0.2) is 48.3 Å². The number of nitrogens with zero attached hydrogens (tertiary/aromatic N) is 6. The first-order chi connectivity index (χ1) is 12.0. The monoisotopic (exact) mass is 347 g/mol. The van der Waals surface area contributed by atoms with Crippen molar-refractivity contribution in [3.8, 4) is 11.5 Å². The maximum Gasteiger partial charge on any atom is 0.296 e. The summed E-state index contributed by atoms with van der Waals surface area (Å²) in [5.74, 6) is -1.76. The zero-order chi connectivity index (χ0) is 17.4. The number of imidazole rings is 1. The van der Waals surface area contributed by atoms with Crippen LogP contribution in [0.1, 0.15) is 12.8 Å². The van der Waals surface area contributed by atoms with Gasteiger partial charge in [0.05, 0.1) is 6.33 Å². The molecule has 0 saturated carbocycles. The molecule has 0 aromatic carbocycles. The third-order valence-electron chi connectivity index (χ3n) is 4.22. The SMILES string of the molecule is O=c1c(-n2ccnc2)c[nH]n1-c1cc(N2CCC(F)(F)CC2)ncn1. The smallest absolute Gasteiger partial charge is 0.296 e. The van der Waals surface area contributed by atoms with Gasteiger partial charge in [0.2, 0.25) is 0 Å². The molecule has 3 aromatic heterocycles. The number of H-pyrrole nitrogens is 1. The standard InChI is InChI=1S/C15H15F2N7O/c16-15(17)1-4-22(5-2-15)12-7-13(20-9-19-12)24-14(25)11(8-21-24)23-6-3-18-10-23/h3,6-10,21H,1-2,4-5H2. The van der Waals surface area contributed by atoms with Crippen LogP contribution >= 0.6 is 0 Å². The van der Waals surface area contributed by atoms with Crippen molar-refractivity contribution in [3.05, 3.63) is 47.7 Å². The van der Waals surface area contributed by atoms with Gasteiger partial charge in [-0.1, -0.05) is 0 Å². The summed E-state index contributed by atoms with van der Waals surface area (Å²) in [6.07, 6.45) is 7.21. The molecule has 4 heterocycles. The molecule has 0 amide bonds. The maximum absolute atomic E-state index is 13.3. The molecular weight excluding hydrogens is 332 g/mol. The van der Waals surface area contributed by atoms with E-state index in [2.05, 4.69) is 20.1 Å². The quantitative estimate of drug-likeness (QED) is 0.774. The fourth-order valence-electron chi connectivity index (χ4n) is 2.81. The van der Waals surface area contributed by atoms with Crippen molar-refractivity contribution in [2.24, 2.45) is 0 Å². The molecule has 3 aromatic rings. The number of anilines is 1. The van der Waals surface area contributed by atoms with Gasteiger partial charge in [0.25, 0.3) is 11.5 Å². The fraction of sp³-hybridized carbons (Fsp3) is 0.333. The lowest BCUT2D eigenvalue weighted by molar-refractivity contribution is -0.0221. The van der Waals surface area contributed by atoms with E-state index in [4.69, 9.17) is 0 Å². The number of hydrogen-bond acceptors (Lipinski definition) is 5. The largest absolute Gasteiger partial charge is 0.356 e. The van der Waals surface area contributed by atoms with Gasteiger partial charge in [-0.15, -0.1) is 0 Å². The Hall–Kier alpha value is -3.04. The second-order valence-corrected chi connectivity index (χ2v) is 5.85. The van der Waals surface area contributed by atoms with Crippen LogP contribution < -0.4 is 10.5 Å². The lowest BCUT2D eigenvalue weighted by Gasteiger charge is -2.32. The highest BCUT2D eigenvalue weighted by molar-refractivity contribution is 5.44. The summed E-state index contributed by atoms with van der Waals surface area (Å²) in [6.45, 7) is 0.423. The lowest BCUT2D eigenvalue weighted by atomic mass is 10.1. The van der Waals surface area contributed by atoms with Crippen LogP contribution in [0.5, 0.6) is 0 Å². The minimum atomic E-state index is -2.62. The second kappa shape index (κ2) is 5.80. The number of hydrogen-bond donors (Lipinski definition) is 1. The van der Waals surface area contributed by atoms with Gasteiger partial charge in [-0.25, -0.2) is 23.7 Å². The Labute approximate surface area is 140 Å². The number of alkyl halides is 2. The highest BCUT2D eigenvalue weighted by Crippen LogP contribution is 2.29. The molecule has 1 saturated heterocycles. The van der Waals surface area contributed by atoms with E-state index in [1.165, 1.54) is 17.3 Å². The summed E-state index contributed by atoms with van der Waals surface area (Å²) in [7, 11) is 0. The zero-order valence-corrected chi connectivity index (χ0v) is 13.1. The first kappa shape index (κ1) is 15.5. The molecule has 8 nitrogen and oxygen atoms in total. The van der Waals surface area contributed by atoms with Gasteiger partial charge in [0.15, 0.2) is 5.82 Å². The van der Waals surface area contributed by atoms with Crippen LogP contribution in [-0.2, 0) is 0 Å². The summed E-state index contributed by atoms with van der Waals surface area (Å²) in [6, 6.07) is 1.61. The molecule has 0 unspecified atom stereocenters. The van der Waals surface area contributed by atoms with Crippen LogP contribution in [0.3, 0.4) is 0 Å². The maximum atomic E-state index is 13.3. The van der Waals surface area contributed by atoms with Crippen molar-refractivity contribution in [1.82, 2.24) is 29.3 Å². The molecule has 1 aliphatic rings. The fourth-order valence-corrected chi connectivity index (χ4v) is 2.81. The van der Waals surface area contributed by atoms with Crippen molar-refractivity contribution in [2.75, 3.05) is 18.0 Å². The molecule has 0 spiro atoms. The van der Waals surface area contributed by atoms with Crippen molar-refractivity contribution >= 4 is 5.82 Å². The van der Waals surface area contributed by atoms with Crippen LogP contribution in [0.15, 0.2) is 42.1 Å². The summed E-state index contributed by atoms with van der Waals surface area (Å²) in [5.41, 5.74) is 0.100. The molecule has 4 rings (SSSR count). The summed E-state index contributed by atoms with van der Waals surface area (Å²) >= 11 is 0. The molecule has 1 N–H and O–H groups in total. The molecule has 0 atom stereocenters. The topological polar surface area (TPSA) is 84.6 Å². The van der Waals surface area contributed by atoms with Gasteiger partial charge in [-0.2, -0.15) is 4.68 Å². The highest BCUT2D eigenvalue weighted by atomic mass is 19.3. The third-order valence-corrected chi connectivity index (χ3v) is 4.22. The van der Waals surface area contributed by atoms with E-state index >= 15 is 0 Å². The van der Waals surface area contributed by atoms with Crippen molar-refractivity contribution in [3.63, 3.8) is 0 Å². The van der Waals surface area contributed by atoms with E-state index in [1.807, 2.05) is 0 Å². The Morgan fingerprint density at radius 2 is 1.92 bits per heavy atom. The number of aromatic nitrogens is 6. The molecule has 1 fully saturated rings. The summed E-state index contributed by atoms with van der Waals surface area (Å²) < 4.78 is 29.5. The number of nitrogens with one attached hydrogen (secondary N) is 1. The van der Waals surface area contributed by atoms with Crippen molar-refractivity contribution in [2.45, 2.75) is 18.8 Å². The second-order valence-electron chi connectivity index (χ2n) is 5.85. The molecule has 1 aliphatic heterocycles. The first-order valence-corrected chi connectivity index (χ1v) is 7.77. The zero-order valence-electron chi connectivity index (χ0n) is 13.1. The predicted molar refractivity (Wildman–Crippen MR) is 85.5 cm³/mol. The average molecular weight is 347 g/mol. The van der Waals surface area contributed by atoms with E-state index in [-0.39, 0.29) is 31.5 Å². The average Bonchev–Trinajstić information content (AvgIpc) is 3.24. The molecular formula is C15H15F2N7O. The summed E-state index contributed by atoms with van der Waals surface area (Å²) in [4.78, 5) is 26.5. The third kappa shape index (κ3) is 2.90. The molecule has 25 heavy (non-hydrogen) atoms. The molecule has 130 valence electrons. The van der Waals surface area contributed by atoms with Crippen molar-refractivity contribution < 1.29 is 8.78 Å². The van der Waals surface area contributed by atoms with Crippen LogP contribution in [0.4, 0.5) is 14.6 Å². The van der Waals surface area contributed by atoms with Gasteiger partial charge >= 0.3 is 0 Å². The van der Waals surface area contributed by atoms with Gasteiger partial charge in [-0.3, -0.25) is 14.5 Å². The Bertz CT molecular complexity index is 922. The van der Waals surface area contributed by atoms with E-state index in [9.17, 15) is 13.6 Å². The number of piperidine rings is 1. The van der Waals surface area contributed by atoms with Gasteiger partial charge in [-0.05, 0) is 0 Å². The molecule has 0 bridgehead atoms. The van der Waals surface area contributed by atoms with E-state index in [0.717, 1.165) is 0 Å². The van der Waals surface area contributed by atoms with E-state index in [1.54, 1.807) is 34.1 Å². The van der Waals surface area contributed by atoms with Gasteiger partial charge in [0.1, 0.15) is 17.8 Å². The first-order valence-electron chi connectivity index (χ1n) is 7.77. The molecule has 10 heteroatoms. The lowest BCUT2D eigenvalue weighted by Crippen LogP contribution is -2.39. The van der Waals surface area contributed by atoms with E-state index in [0.29, 0.717) is 17.3 Å². The van der Waals surface area contributed by atoms with Crippen LogP contribution in [0, 0.1) is 0 Å². The van der Waals surface area contributed by atoms with Crippen LogP contribution in [0.2, 0.25) is 0 Å². The predicted octanol–water partition coefficient (Wildman–Crippen LogP) is 1.38.